The summed E-state index contributed by atoms with van der Waals surface area (Å²) < 4.78 is 0. The number of benzene rings is 1. The Hall–Kier alpha value is -1.04. The van der Waals surface area contributed by atoms with Crippen LogP contribution in [0, 0.1) is 30.1 Å². The van der Waals surface area contributed by atoms with Crippen molar-refractivity contribution >= 4 is 0 Å². The maximum Gasteiger partial charge on any atom is -0.0334 e. The van der Waals surface area contributed by atoms with E-state index in [1.807, 2.05) is 26.0 Å². The minimum atomic E-state index is 0.437. The standard InChI is InChI=1S/C8H10.C8H18.C5H12.C4H8/c1-7-5-3-4-6-8(7)2;1-7(2,3)8(4,5)6;1-5(2,3)4;1-3-4-2/h3-6H,1-2H3;1-6H3;1-4H3;3-4H,1-2H3/b;;;4-3-. The molecule has 25 heavy (non-hydrogen) atoms. The Morgan fingerprint density at radius 3 is 0.840 bits per heavy atom. The minimum absolute atomic E-state index is 0.437. The minimum Gasteiger partial charge on any atom is -0.0919 e. The van der Waals surface area contributed by atoms with Crippen LogP contribution in [0.3, 0.4) is 0 Å². The second-order valence-corrected chi connectivity index (χ2v) is 10.3. The Bertz CT molecular complexity index is 399. The first kappa shape index (κ1) is 28.8. The van der Waals surface area contributed by atoms with Crippen molar-refractivity contribution in [1.29, 1.82) is 0 Å². The molecule has 0 radical (unpaired) electrons. The summed E-state index contributed by atoms with van der Waals surface area (Å²) >= 11 is 0. The number of rotatable bonds is 0. The van der Waals surface area contributed by atoms with Crippen molar-refractivity contribution in [1.82, 2.24) is 0 Å². The van der Waals surface area contributed by atoms with Gasteiger partial charge in [-0.2, -0.15) is 0 Å². The van der Waals surface area contributed by atoms with E-state index in [2.05, 4.69) is 107 Å². The van der Waals surface area contributed by atoms with Gasteiger partial charge in [-0.15, -0.1) is 0 Å². The van der Waals surface area contributed by atoms with Crippen LogP contribution in [0.5, 0.6) is 0 Å². The van der Waals surface area contributed by atoms with E-state index in [4.69, 9.17) is 0 Å². The second kappa shape index (κ2) is 13.2. The van der Waals surface area contributed by atoms with Gasteiger partial charge in [-0.25, -0.2) is 0 Å². The number of allylic oxidation sites excluding steroid dienone is 2. The van der Waals surface area contributed by atoms with E-state index < -0.39 is 0 Å². The van der Waals surface area contributed by atoms with Gasteiger partial charge >= 0.3 is 0 Å². The number of hydrogen-bond donors (Lipinski definition) is 0. The summed E-state index contributed by atoms with van der Waals surface area (Å²) in [5.74, 6) is 0. The van der Waals surface area contributed by atoms with Crippen LogP contribution in [0.4, 0.5) is 0 Å². The van der Waals surface area contributed by atoms with Gasteiger partial charge in [-0.1, -0.05) is 106 Å². The van der Waals surface area contributed by atoms with Crippen molar-refractivity contribution in [3.63, 3.8) is 0 Å². The fourth-order valence-electron chi connectivity index (χ4n) is 0.663. The maximum atomic E-state index is 2.27. The lowest BCUT2D eigenvalue weighted by molar-refractivity contribution is 0.157. The average molecular weight is 349 g/mol. The molecule has 0 spiro atoms. The van der Waals surface area contributed by atoms with Gasteiger partial charge < -0.3 is 0 Å². The van der Waals surface area contributed by atoms with Crippen LogP contribution in [0.25, 0.3) is 0 Å². The third-order valence-electron chi connectivity index (χ3n) is 4.01. The predicted molar refractivity (Wildman–Crippen MR) is 120 cm³/mol. The van der Waals surface area contributed by atoms with Gasteiger partial charge in [-0.3, -0.25) is 0 Å². The van der Waals surface area contributed by atoms with E-state index in [1.54, 1.807) is 0 Å². The molecule has 0 N–H and O–H groups in total. The molecule has 0 fully saturated rings. The van der Waals surface area contributed by atoms with Crippen molar-refractivity contribution in [3.8, 4) is 0 Å². The molecule has 0 aliphatic rings. The molecular formula is C25H48. The van der Waals surface area contributed by atoms with Crippen molar-refractivity contribution < 1.29 is 0 Å². The summed E-state index contributed by atoms with van der Waals surface area (Å²) in [6.07, 6.45) is 4.00. The first-order valence-electron chi connectivity index (χ1n) is 9.57. The molecule has 1 aromatic rings. The van der Waals surface area contributed by atoms with Crippen LogP contribution >= 0.6 is 0 Å². The molecule has 0 heterocycles. The lowest BCUT2D eigenvalue weighted by Gasteiger charge is -2.34. The summed E-state index contributed by atoms with van der Waals surface area (Å²) in [6, 6.07) is 8.36. The largest absolute Gasteiger partial charge is 0.0919 e. The molecular weight excluding hydrogens is 300 g/mol. The Labute approximate surface area is 161 Å². The van der Waals surface area contributed by atoms with E-state index in [0.717, 1.165) is 0 Å². The van der Waals surface area contributed by atoms with E-state index >= 15 is 0 Å². The van der Waals surface area contributed by atoms with E-state index in [9.17, 15) is 0 Å². The monoisotopic (exact) mass is 348 g/mol. The van der Waals surface area contributed by atoms with Crippen LogP contribution < -0.4 is 0 Å². The molecule has 0 bridgehead atoms. The van der Waals surface area contributed by atoms with E-state index in [0.29, 0.717) is 16.2 Å². The van der Waals surface area contributed by atoms with Crippen molar-refractivity contribution in [2.24, 2.45) is 16.2 Å². The van der Waals surface area contributed by atoms with Crippen molar-refractivity contribution in [3.05, 3.63) is 47.5 Å². The summed E-state index contributed by atoms with van der Waals surface area (Å²) in [5, 5.41) is 0. The molecule has 148 valence electrons. The van der Waals surface area contributed by atoms with Crippen LogP contribution in [0.15, 0.2) is 36.4 Å². The van der Waals surface area contributed by atoms with Gasteiger partial charge in [0.15, 0.2) is 0 Å². The molecule has 0 aliphatic carbocycles. The SMILES string of the molecule is C/C=C\C.CC(C)(C)C.CC(C)(C)C(C)(C)C.Cc1ccccc1C. The molecule has 1 aromatic carbocycles. The molecule has 0 amide bonds. The quantitative estimate of drug-likeness (QED) is 0.410. The first-order chi connectivity index (χ1) is 11.0. The highest BCUT2D eigenvalue weighted by Gasteiger charge is 2.26. The Kier molecular flexibility index (Phi) is 15.2. The topological polar surface area (TPSA) is 0 Å². The fourth-order valence-corrected chi connectivity index (χ4v) is 0.663. The third kappa shape index (κ3) is 25.3. The van der Waals surface area contributed by atoms with Gasteiger partial charge in [0.1, 0.15) is 0 Å². The van der Waals surface area contributed by atoms with Gasteiger partial charge in [0.25, 0.3) is 0 Å². The molecule has 0 atom stereocenters. The molecule has 0 aromatic heterocycles. The highest BCUT2D eigenvalue weighted by molar-refractivity contribution is 5.23. The molecule has 0 unspecified atom stereocenters. The second-order valence-electron chi connectivity index (χ2n) is 10.3. The summed E-state index contributed by atoms with van der Waals surface area (Å²) in [7, 11) is 0. The normalized spacial score (nSPS) is 11.4. The summed E-state index contributed by atoms with van der Waals surface area (Å²) in [4.78, 5) is 0. The summed E-state index contributed by atoms with van der Waals surface area (Å²) in [5.41, 5.74) is 4.11. The Balaban J connectivity index is -0.000000270. The summed E-state index contributed by atoms with van der Waals surface area (Å²) in [6.45, 7) is 30.6. The Morgan fingerprint density at radius 2 is 0.760 bits per heavy atom. The smallest absolute Gasteiger partial charge is 0.0334 e. The van der Waals surface area contributed by atoms with Gasteiger partial charge in [0.05, 0.1) is 0 Å². The van der Waals surface area contributed by atoms with E-state index in [1.165, 1.54) is 11.1 Å². The van der Waals surface area contributed by atoms with Crippen LogP contribution in [0.1, 0.15) is 94.2 Å². The zero-order chi connectivity index (χ0) is 20.9. The van der Waals surface area contributed by atoms with Crippen molar-refractivity contribution in [2.75, 3.05) is 0 Å². The number of aryl methyl sites for hydroxylation is 2. The zero-order valence-electron chi connectivity index (χ0n) is 20.0. The average Bonchev–Trinajstić information content (AvgIpc) is 2.39. The van der Waals surface area contributed by atoms with Crippen LogP contribution in [0.2, 0.25) is 0 Å². The maximum absolute atomic E-state index is 2.27. The zero-order valence-corrected chi connectivity index (χ0v) is 20.0. The first-order valence-corrected chi connectivity index (χ1v) is 9.57. The predicted octanol–water partition coefficient (Wildman–Crippen LogP) is 9.02. The Morgan fingerprint density at radius 1 is 0.560 bits per heavy atom. The van der Waals surface area contributed by atoms with E-state index in [-0.39, 0.29) is 0 Å². The lowest BCUT2D eigenvalue weighted by Crippen LogP contribution is -2.25. The van der Waals surface area contributed by atoms with Gasteiger partial charge in [0, 0.05) is 0 Å². The highest BCUT2D eigenvalue weighted by Crippen LogP contribution is 2.36. The lowest BCUT2D eigenvalue weighted by atomic mass is 9.71. The molecule has 0 aliphatic heterocycles. The highest BCUT2D eigenvalue weighted by atomic mass is 14.3. The number of hydrogen-bond acceptors (Lipinski definition) is 0. The van der Waals surface area contributed by atoms with Gasteiger partial charge in [0.2, 0.25) is 0 Å². The molecule has 0 heteroatoms. The molecule has 0 nitrogen and oxygen atoms in total. The van der Waals surface area contributed by atoms with Crippen LogP contribution in [-0.2, 0) is 0 Å². The van der Waals surface area contributed by atoms with Crippen molar-refractivity contribution in [2.45, 2.75) is 96.9 Å². The molecule has 0 saturated heterocycles. The molecule has 1 rings (SSSR count). The third-order valence-corrected chi connectivity index (χ3v) is 4.01. The van der Waals surface area contributed by atoms with Gasteiger partial charge in [-0.05, 0) is 55.1 Å². The fraction of sp³-hybridized carbons (Fsp3) is 0.680. The van der Waals surface area contributed by atoms with Crippen LogP contribution in [-0.4, -0.2) is 0 Å². The molecule has 0 saturated carbocycles.